The molecule has 3 N–H and O–H groups in total. The summed E-state index contributed by atoms with van der Waals surface area (Å²) in [7, 11) is 0. The number of nitrogens with two attached hydrogens (primary N) is 1. The Bertz CT molecular complexity index is 197. The molecule has 1 aliphatic rings. The number of hydrogen-bond acceptors (Lipinski definition) is 2. The molecule has 2 heteroatoms. The van der Waals surface area contributed by atoms with E-state index in [0.29, 0.717) is 6.04 Å². The fourth-order valence-corrected chi connectivity index (χ4v) is 3.73. The number of hydrazine groups is 1. The zero-order chi connectivity index (χ0) is 13.4. The lowest BCUT2D eigenvalue weighted by atomic mass is 9.75. The Morgan fingerprint density at radius 3 is 2.28 bits per heavy atom. The molecule has 108 valence electrons. The average molecular weight is 254 g/mol. The monoisotopic (exact) mass is 254 g/mol. The van der Waals surface area contributed by atoms with Crippen molar-refractivity contribution in [3.05, 3.63) is 0 Å². The van der Waals surface area contributed by atoms with E-state index in [0.717, 1.165) is 17.8 Å². The van der Waals surface area contributed by atoms with Gasteiger partial charge in [0.15, 0.2) is 0 Å². The maximum atomic E-state index is 5.79. The normalized spacial score (nSPS) is 28.0. The predicted octanol–water partition coefficient (Wildman–Crippen LogP) is 4.25. The lowest BCUT2D eigenvalue weighted by molar-refractivity contribution is 0.194. The highest BCUT2D eigenvalue weighted by atomic mass is 15.2. The van der Waals surface area contributed by atoms with Crippen LogP contribution in [0.15, 0.2) is 0 Å². The van der Waals surface area contributed by atoms with Gasteiger partial charge in [-0.2, -0.15) is 0 Å². The van der Waals surface area contributed by atoms with Crippen molar-refractivity contribution >= 4 is 0 Å². The highest BCUT2D eigenvalue weighted by Gasteiger charge is 2.27. The summed E-state index contributed by atoms with van der Waals surface area (Å²) in [5, 5.41) is 0. The quantitative estimate of drug-likeness (QED) is 0.502. The molecule has 1 aliphatic carbocycles. The zero-order valence-electron chi connectivity index (χ0n) is 12.8. The zero-order valence-corrected chi connectivity index (χ0v) is 12.8. The van der Waals surface area contributed by atoms with Gasteiger partial charge in [0.05, 0.1) is 0 Å². The predicted molar refractivity (Wildman–Crippen MR) is 80.2 cm³/mol. The van der Waals surface area contributed by atoms with Crippen LogP contribution in [0.1, 0.15) is 78.6 Å². The third-order valence-electron chi connectivity index (χ3n) is 4.81. The molecule has 0 aliphatic heterocycles. The van der Waals surface area contributed by atoms with Gasteiger partial charge in [0.2, 0.25) is 0 Å². The Hall–Kier alpha value is -0.0800. The molecule has 0 aromatic rings. The van der Waals surface area contributed by atoms with Gasteiger partial charge in [0, 0.05) is 6.04 Å². The highest BCUT2D eigenvalue weighted by molar-refractivity contribution is 4.82. The molecule has 1 rings (SSSR count). The van der Waals surface area contributed by atoms with Crippen molar-refractivity contribution in [2.24, 2.45) is 23.6 Å². The van der Waals surface area contributed by atoms with Crippen molar-refractivity contribution in [1.29, 1.82) is 0 Å². The fourth-order valence-electron chi connectivity index (χ4n) is 3.73. The van der Waals surface area contributed by atoms with Crippen molar-refractivity contribution in [3.8, 4) is 0 Å². The van der Waals surface area contributed by atoms with Gasteiger partial charge in [-0.1, -0.05) is 59.3 Å². The van der Waals surface area contributed by atoms with E-state index in [2.05, 4.69) is 26.2 Å². The fraction of sp³-hybridized carbons (Fsp3) is 1.00. The van der Waals surface area contributed by atoms with E-state index in [1.54, 1.807) is 0 Å². The van der Waals surface area contributed by atoms with Crippen LogP contribution in [0, 0.1) is 17.8 Å². The first-order valence-corrected chi connectivity index (χ1v) is 8.17. The number of nitrogens with one attached hydrogen (secondary N) is 1. The second kappa shape index (κ2) is 8.92. The average Bonchev–Trinajstić information content (AvgIpc) is 2.38. The van der Waals surface area contributed by atoms with Gasteiger partial charge in [-0.3, -0.25) is 11.3 Å². The molecule has 2 nitrogen and oxygen atoms in total. The van der Waals surface area contributed by atoms with Gasteiger partial charge >= 0.3 is 0 Å². The first kappa shape index (κ1) is 16.0. The Balaban J connectivity index is 2.33. The molecule has 0 spiro atoms. The summed E-state index contributed by atoms with van der Waals surface area (Å²) < 4.78 is 0. The largest absolute Gasteiger partial charge is 0.271 e. The van der Waals surface area contributed by atoms with Gasteiger partial charge in [-0.05, 0) is 37.0 Å². The van der Waals surface area contributed by atoms with Gasteiger partial charge in [-0.25, -0.2) is 0 Å². The summed E-state index contributed by atoms with van der Waals surface area (Å²) in [6.07, 6.45) is 12.3. The van der Waals surface area contributed by atoms with Crippen LogP contribution in [0.2, 0.25) is 0 Å². The van der Waals surface area contributed by atoms with Gasteiger partial charge in [0.25, 0.3) is 0 Å². The third kappa shape index (κ3) is 5.27. The minimum atomic E-state index is 0.550. The van der Waals surface area contributed by atoms with E-state index in [9.17, 15) is 0 Å². The molecular weight excluding hydrogens is 220 g/mol. The molecule has 0 saturated heterocycles. The van der Waals surface area contributed by atoms with E-state index >= 15 is 0 Å². The molecule has 0 bridgehead atoms. The topological polar surface area (TPSA) is 38.0 Å². The Morgan fingerprint density at radius 2 is 1.78 bits per heavy atom. The number of rotatable bonds is 8. The second-order valence-corrected chi connectivity index (χ2v) is 6.47. The summed E-state index contributed by atoms with van der Waals surface area (Å²) >= 11 is 0. The van der Waals surface area contributed by atoms with Crippen LogP contribution in [0.4, 0.5) is 0 Å². The first-order chi connectivity index (χ1) is 8.71. The van der Waals surface area contributed by atoms with Crippen molar-refractivity contribution in [1.82, 2.24) is 5.43 Å². The Labute approximate surface area is 114 Å². The smallest absolute Gasteiger partial charge is 0.0241 e. The minimum Gasteiger partial charge on any atom is -0.271 e. The van der Waals surface area contributed by atoms with E-state index < -0.39 is 0 Å². The minimum absolute atomic E-state index is 0.550. The summed E-state index contributed by atoms with van der Waals surface area (Å²) in [6, 6.07) is 0.550. The maximum absolute atomic E-state index is 5.79. The van der Waals surface area contributed by atoms with Crippen molar-refractivity contribution in [2.75, 3.05) is 0 Å². The molecule has 2 unspecified atom stereocenters. The lowest BCUT2D eigenvalue weighted by Crippen LogP contribution is -2.43. The molecule has 18 heavy (non-hydrogen) atoms. The maximum Gasteiger partial charge on any atom is 0.0241 e. The molecule has 0 amide bonds. The van der Waals surface area contributed by atoms with Gasteiger partial charge in [0.1, 0.15) is 0 Å². The molecule has 2 atom stereocenters. The molecular formula is C16H34N2. The highest BCUT2D eigenvalue weighted by Crippen LogP contribution is 2.34. The third-order valence-corrected chi connectivity index (χ3v) is 4.81. The Kier molecular flexibility index (Phi) is 7.92. The van der Waals surface area contributed by atoms with E-state index in [1.807, 2.05) is 0 Å². The van der Waals surface area contributed by atoms with E-state index in [-0.39, 0.29) is 0 Å². The van der Waals surface area contributed by atoms with Gasteiger partial charge in [-0.15, -0.1) is 0 Å². The van der Waals surface area contributed by atoms with Crippen molar-refractivity contribution in [3.63, 3.8) is 0 Å². The van der Waals surface area contributed by atoms with Crippen LogP contribution in [0.3, 0.4) is 0 Å². The molecule has 0 heterocycles. The van der Waals surface area contributed by atoms with Crippen LogP contribution >= 0.6 is 0 Å². The van der Waals surface area contributed by atoms with E-state index in [1.165, 1.54) is 57.8 Å². The standard InChI is InChI=1S/C16H34N2/c1-4-6-13(3)12-16(18-17)15-10-8-14(7-5-2)9-11-15/h13-16,18H,4-12,17H2,1-3H3. The first-order valence-electron chi connectivity index (χ1n) is 8.17. The Morgan fingerprint density at radius 1 is 1.11 bits per heavy atom. The molecule has 1 fully saturated rings. The molecule has 0 aromatic heterocycles. The molecule has 0 aromatic carbocycles. The van der Waals surface area contributed by atoms with Crippen LogP contribution in [0.25, 0.3) is 0 Å². The SMILES string of the molecule is CCCC(C)CC(NN)C1CCC(CCC)CC1. The summed E-state index contributed by atoms with van der Waals surface area (Å²) in [5.41, 5.74) is 3.11. The summed E-state index contributed by atoms with van der Waals surface area (Å²) in [5.74, 6) is 8.42. The molecule has 1 saturated carbocycles. The van der Waals surface area contributed by atoms with Crippen LogP contribution in [-0.2, 0) is 0 Å². The van der Waals surface area contributed by atoms with E-state index in [4.69, 9.17) is 5.84 Å². The second-order valence-electron chi connectivity index (χ2n) is 6.47. The van der Waals surface area contributed by atoms with Crippen LogP contribution in [0.5, 0.6) is 0 Å². The number of hydrogen-bond donors (Lipinski definition) is 2. The van der Waals surface area contributed by atoms with Crippen LogP contribution in [-0.4, -0.2) is 6.04 Å². The lowest BCUT2D eigenvalue weighted by Gasteiger charge is -2.34. The van der Waals surface area contributed by atoms with Gasteiger partial charge < -0.3 is 0 Å². The van der Waals surface area contributed by atoms with Crippen LogP contribution < -0.4 is 11.3 Å². The van der Waals surface area contributed by atoms with Crippen molar-refractivity contribution in [2.45, 2.75) is 84.6 Å². The summed E-state index contributed by atoms with van der Waals surface area (Å²) in [6.45, 7) is 6.96. The summed E-state index contributed by atoms with van der Waals surface area (Å²) in [4.78, 5) is 0. The van der Waals surface area contributed by atoms with Crippen molar-refractivity contribution < 1.29 is 0 Å². The molecule has 0 radical (unpaired) electrons.